The topological polar surface area (TPSA) is 63.6 Å². The molecule has 4 aliphatic rings. The maximum atomic E-state index is 16.9. The van der Waals surface area contributed by atoms with E-state index in [1.807, 2.05) is 6.07 Å². The summed E-state index contributed by atoms with van der Waals surface area (Å²) in [5.41, 5.74) is 0.875. The number of halogens is 3. The summed E-state index contributed by atoms with van der Waals surface area (Å²) < 4.78 is 58.5. The van der Waals surface area contributed by atoms with Crippen LogP contribution in [-0.4, -0.2) is 77.1 Å². The van der Waals surface area contributed by atoms with E-state index in [0.29, 0.717) is 72.4 Å². The molecular formula is C34H32F3N5O2. The summed E-state index contributed by atoms with van der Waals surface area (Å²) in [5.74, 6) is 1.83. The van der Waals surface area contributed by atoms with Gasteiger partial charge < -0.3 is 14.4 Å². The lowest BCUT2D eigenvalue weighted by Crippen LogP contribution is -2.43. The first kappa shape index (κ1) is 27.6. The minimum Gasteiger partial charge on any atom is -0.461 e. The van der Waals surface area contributed by atoms with Gasteiger partial charge in [-0.25, -0.2) is 18.2 Å². The minimum absolute atomic E-state index is 0.0231. The smallest absolute Gasteiger partial charge is 0.319 e. The van der Waals surface area contributed by atoms with Crippen molar-refractivity contribution in [3.63, 3.8) is 0 Å². The first-order chi connectivity index (χ1) is 21.5. The van der Waals surface area contributed by atoms with Crippen LogP contribution in [0.3, 0.4) is 0 Å². The van der Waals surface area contributed by atoms with Crippen molar-refractivity contribution in [2.75, 3.05) is 44.4 Å². The molecule has 2 aromatic carbocycles. The van der Waals surface area contributed by atoms with Gasteiger partial charge in [0, 0.05) is 37.1 Å². The average Bonchev–Trinajstić information content (AvgIpc) is 3.38. The van der Waals surface area contributed by atoms with E-state index in [1.54, 1.807) is 18.2 Å². The summed E-state index contributed by atoms with van der Waals surface area (Å²) in [5, 5.41) is 1.67. The molecule has 7 nitrogen and oxygen atoms in total. The second-order valence-electron chi connectivity index (χ2n) is 12.4. The Morgan fingerprint density at radius 1 is 1.09 bits per heavy atom. The van der Waals surface area contributed by atoms with E-state index < -0.39 is 23.3 Å². The third kappa shape index (κ3) is 4.32. The Balaban J connectivity index is 1.32. The highest BCUT2D eigenvalue weighted by Crippen LogP contribution is 2.43. The largest absolute Gasteiger partial charge is 0.461 e. The van der Waals surface area contributed by atoms with Gasteiger partial charge in [0.05, 0.1) is 34.8 Å². The number of fused-ring (bicyclic) bond motifs is 4. The van der Waals surface area contributed by atoms with Crippen LogP contribution in [0.5, 0.6) is 6.01 Å². The molecule has 3 saturated heterocycles. The Morgan fingerprint density at radius 3 is 2.89 bits per heavy atom. The van der Waals surface area contributed by atoms with Crippen molar-refractivity contribution in [3.8, 4) is 29.6 Å². The predicted octanol–water partition coefficient (Wildman–Crippen LogP) is 5.60. The van der Waals surface area contributed by atoms with Gasteiger partial charge in [0.2, 0.25) is 0 Å². The first-order valence-electron chi connectivity index (χ1n) is 15.4. The van der Waals surface area contributed by atoms with Crippen LogP contribution in [0.2, 0.25) is 0 Å². The number of aromatic nitrogens is 3. The van der Waals surface area contributed by atoms with E-state index >= 15 is 4.39 Å². The van der Waals surface area contributed by atoms with Crippen LogP contribution in [-0.2, 0) is 11.2 Å². The molecule has 0 unspecified atom stereocenters. The van der Waals surface area contributed by atoms with Crippen LogP contribution >= 0.6 is 0 Å². The number of ether oxygens (including phenoxy) is 2. The highest BCUT2D eigenvalue weighted by molar-refractivity contribution is 6.02. The van der Waals surface area contributed by atoms with Crippen LogP contribution in [0.1, 0.15) is 43.4 Å². The summed E-state index contributed by atoms with van der Waals surface area (Å²) >= 11 is 0. The molecule has 4 aromatic rings. The number of rotatable bonds is 4. The Hall–Kier alpha value is -3.94. The molecule has 0 amide bonds. The zero-order valence-corrected chi connectivity index (χ0v) is 24.3. The van der Waals surface area contributed by atoms with Gasteiger partial charge in [0.25, 0.3) is 0 Å². The molecule has 0 saturated carbocycles. The fourth-order valence-corrected chi connectivity index (χ4v) is 7.83. The van der Waals surface area contributed by atoms with Crippen LogP contribution in [0, 0.1) is 24.0 Å². The van der Waals surface area contributed by atoms with E-state index in [0.717, 1.165) is 32.2 Å². The number of pyridine rings is 1. The van der Waals surface area contributed by atoms with Gasteiger partial charge in [-0.2, -0.15) is 9.97 Å². The van der Waals surface area contributed by atoms with E-state index in [9.17, 15) is 8.78 Å². The van der Waals surface area contributed by atoms with E-state index in [2.05, 4.69) is 20.7 Å². The summed E-state index contributed by atoms with van der Waals surface area (Å²) in [4.78, 5) is 18.8. The van der Waals surface area contributed by atoms with E-state index in [1.165, 1.54) is 6.07 Å². The van der Waals surface area contributed by atoms with Crippen LogP contribution in [0.4, 0.5) is 19.0 Å². The Kier molecular flexibility index (Phi) is 6.65. The molecule has 10 heteroatoms. The van der Waals surface area contributed by atoms with Crippen LogP contribution in [0.25, 0.3) is 32.9 Å². The lowest BCUT2D eigenvalue weighted by atomic mass is 9.95. The van der Waals surface area contributed by atoms with Gasteiger partial charge in [-0.1, -0.05) is 30.2 Å². The molecule has 0 spiro atoms. The zero-order chi connectivity index (χ0) is 30.0. The monoisotopic (exact) mass is 599 g/mol. The number of benzene rings is 2. The van der Waals surface area contributed by atoms with Crippen LogP contribution < -0.4 is 9.64 Å². The number of anilines is 1. The summed E-state index contributed by atoms with van der Waals surface area (Å²) in [6, 6.07) is 8.35. The van der Waals surface area contributed by atoms with Gasteiger partial charge in [-0.05, 0) is 50.1 Å². The van der Waals surface area contributed by atoms with Gasteiger partial charge in [0.1, 0.15) is 35.6 Å². The normalized spacial score (nSPS) is 25.0. The van der Waals surface area contributed by atoms with E-state index in [-0.39, 0.29) is 35.4 Å². The SMILES string of the molecule is C#Cc1c(F)ccc2cccc(-c3nc4c5c(nc(OC[C@@]67CCCN6C[C@H](F)C7)nc5c3F)N3CCCOC[C@H]3CC4)c12. The molecule has 0 radical (unpaired) electrons. The standard InChI is InChI=1S/C34H32F3N5O2/c1-2-23-25(36)10-8-20-6-3-7-24(27(20)23)30-29(37)31-28-26(38-30)11-9-22-18-43-15-5-14-42(22)32(28)40-33(39-31)44-19-34-12-4-13-41(34)17-21(35)16-34/h1,3,6-8,10,21-22H,4-5,9,11-19H2/t21-,22-,34+/m1/s1. The summed E-state index contributed by atoms with van der Waals surface area (Å²) in [6.45, 7) is 3.32. The first-order valence-corrected chi connectivity index (χ1v) is 15.4. The number of hydrogen-bond acceptors (Lipinski definition) is 7. The second kappa shape index (κ2) is 10.6. The van der Waals surface area contributed by atoms with Crippen LogP contribution in [0.15, 0.2) is 30.3 Å². The average molecular weight is 600 g/mol. The molecule has 8 rings (SSSR count). The molecular weight excluding hydrogens is 567 g/mol. The highest BCUT2D eigenvalue weighted by Gasteiger charge is 2.49. The van der Waals surface area contributed by atoms with Crippen molar-refractivity contribution < 1.29 is 22.6 Å². The fraction of sp³-hybridized carbons (Fsp3) is 0.441. The molecule has 44 heavy (non-hydrogen) atoms. The summed E-state index contributed by atoms with van der Waals surface area (Å²) in [6.07, 6.45) is 9.15. The Labute approximate surface area is 253 Å². The molecule has 0 aliphatic carbocycles. The Morgan fingerprint density at radius 2 is 2.00 bits per heavy atom. The van der Waals surface area contributed by atoms with Crippen molar-refractivity contribution in [1.82, 2.24) is 19.9 Å². The molecule has 2 aromatic heterocycles. The van der Waals surface area contributed by atoms with Gasteiger partial charge >= 0.3 is 6.01 Å². The molecule has 226 valence electrons. The van der Waals surface area contributed by atoms with Crippen molar-refractivity contribution in [1.29, 1.82) is 0 Å². The molecule has 3 atom stereocenters. The Bertz CT molecular complexity index is 1840. The maximum absolute atomic E-state index is 16.9. The number of aryl methyl sites for hydroxylation is 1. The lowest BCUT2D eigenvalue weighted by molar-refractivity contribution is 0.107. The highest BCUT2D eigenvalue weighted by atomic mass is 19.1. The third-order valence-corrected chi connectivity index (χ3v) is 9.87. The molecule has 3 fully saturated rings. The molecule has 4 aliphatic heterocycles. The quantitative estimate of drug-likeness (QED) is 0.283. The fourth-order valence-electron chi connectivity index (χ4n) is 7.83. The van der Waals surface area contributed by atoms with Crippen molar-refractivity contribution >= 4 is 27.5 Å². The lowest BCUT2D eigenvalue weighted by Gasteiger charge is -2.31. The maximum Gasteiger partial charge on any atom is 0.319 e. The predicted molar refractivity (Wildman–Crippen MR) is 162 cm³/mol. The van der Waals surface area contributed by atoms with Gasteiger partial charge in [0.15, 0.2) is 5.82 Å². The van der Waals surface area contributed by atoms with Crippen molar-refractivity contribution in [2.45, 2.75) is 56.3 Å². The number of alkyl halides is 1. The van der Waals surface area contributed by atoms with Crippen molar-refractivity contribution in [2.24, 2.45) is 0 Å². The molecule has 0 N–H and O–H groups in total. The number of terminal acetylenes is 1. The number of nitrogens with zero attached hydrogens (tertiary/aromatic N) is 5. The molecule has 6 heterocycles. The second-order valence-corrected chi connectivity index (χ2v) is 12.4. The summed E-state index contributed by atoms with van der Waals surface area (Å²) in [7, 11) is 0. The van der Waals surface area contributed by atoms with Crippen molar-refractivity contribution in [3.05, 3.63) is 53.2 Å². The van der Waals surface area contributed by atoms with Gasteiger partial charge in [-0.15, -0.1) is 6.42 Å². The zero-order valence-electron chi connectivity index (χ0n) is 24.3. The van der Waals surface area contributed by atoms with E-state index in [4.69, 9.17) is 25.9 Å². The van der Waals surface area contributed by atoms with Gasteiger partial charge in [-0.3, -0.25) is 4.90 Å². The minimum atomic E-state index is -0.897. The third-order valence-electron chi connectivity index (χ3n) is 9.87. The molecule has 0 bridgehead atoms. The number of hydrogen-bond donors (Lipinski definition) is 0.